The van der Waals surface area contributed by atoms with E-state index in [1.807, 2.05) is 42.5 Å². The number of nitrogens with zero attached hydrogens (tertiary/aromatic N) is 1. The van der Waals surface area contributed by atoms with Crippen molar-refractivity contribution >= 4 is 28.3 Å². The van der Waals surface area contributed by atoms with Gasteiger partial charge in [0, 0.05) is 11.9 Å². The first kappa shape index (κ1) is 14.7. The number of anilines is 1. The van der Waals surface area contributed by atoms with E-state index in [0.29, 0.717) is 5.69 Å². The number of benzene rings is 2. The zero-order valence-electron chi connectivity index (χ0n) is 12.2. The molecule has 0 aliphatic carbocycles. The molecule has 0 atom stereocenters. The molecule has 0 spiro atoms. The summed E-state index contributed by atoms with van der Waals surface area (Å²) >= 11 is 0. The first-order valence-corrected chi connectivity index (χ1v) is 7.09. The number of aromatic carboxylic acids is 1. The van der Waals surface area contributed by atoms with Gasteiger partial charge in [0.25, 0.3) is 0 Å². The number of pyridine rings is 1. The summed E-state index contributed by atoms with van der Waals surface area (Å²) in [5.74, 6) is -1.40. The Labute approximate surface area is 132 Å². The van der Waals surface area contributed by atoms with Gasteiger partial charge >= 0.3 is 5.97 Å². The summed E-state index contributed by atoms with van der Waals surface area (Å²) in [6.07, 6.45) is 1.39. The van der Waals surface area contributed by atoms with Crippen molar-refractivity contribution in [3.63, 3.8) is 0 Å². The lowest BCUT2D eigenvalue weighted by molar-refractivity contribution is -0.115. The van der Waals surface area contributed by atoms with Crippen LogP contribution in [0.15, 0.2) is 60.8 Å². The molecular formula is C18H14N2O3. The Hall–Kier alpha value is -3.21. The molecule has 3 rings (SSSR count). The molecule has 0 saturated carbocycles. The Morgan fingerprint density at radius 1 is 1.00 bits per heavy atom. The maximum Gasteiger partial charge on any atom is 0.337 e. The largest absolute Gasteiger partial charge is 0.478 e. The van der Waals surface area contributed by atoms with Gasteiger partial charge in [-0.3, -0.25) is 9.78 Å². The van der Waals surface area contributed by atoms with Crippen molar-refractivity contribution in [1.29, 1.82) is 0 Å². The number of rotatable bonds is 4. The first-order chi connectivity index (χ1) is 11.1. The van der Waals surface area contributed by atoms with Crippen molar-refractivity contribution in [3.8, 4) is 0 Å². The molecule has 0 saturated heterocycles. The summed E-state index contributed by atoms with van der Waals surface area (Å²) in [6, 6.07) is 16.4. The van der Waals surface area contributed by atoms with E-state index in [-0.39, 0.29) is 23.6 Å². The van der Waals surface area contributed by atoms with Crippen molar-refractivity contribution in [2.75, 3.05) is 5.32 Å². The minimum absolute atomic E-state index is 0.0427. The van der Waals surface area contributed by atoms with Crippen LogP contribution in [0.3, 0.4) is 0 Å². The number of hydrogen-bond acceptors (Lipinski definition) is 3. The molecule has 0 aliphatic heterocycles. The van der Waals surface area contributed by atoms with Gasteiger partial charge in [0.05, 0.1) is 17.7 Å². The van der Waals surface area contributed by atoms with Gasteiger partial charge in [-0.15, -0.1) is 0 Å². The highest BCUT2D eigenvalue weighted by Crippen LogP contribution is 2.19. The van der Waals surface area contributed by atoms with E-state index in [0.717, 1.165) is 10.8 Å². The zero-order chi connectivity index (χ0) is 16.2. The second-order valence-corrected chi connectivity index (χ2v) is 5.09. The monoisotopic (exact) mass is 306 g/mol. The normalized spacial score (nSPS) is 10.4. The molecule has 5 heteroatoms. The fraction of sp³-hybridized carbons (Fsp3) is 0.0556. The Balaban J connectivity index is 1.77. The molecule has 1 aromatic heterocycles. The third-order valence-corrected chi connectivity index (χ3v) is 3.48. The maximum atomic E-state index is 12.1. The highest BCUT2D eigenvalue weighted by molar-refractivity contribution is 5.97. The minimum atomic E-state index is -1.09. The molecular weight excluding hydrogens is 292 g/mol. The van der Waals surface area contributed by atoms with Crippen LogP contribution >= 0.6 is 0 Å². The van der Waals surface area contributed by atoms with Gasteiger partial charge in [-0.25, -0.2) is 4.79 Å². The number of hydrogen-bond donors (Lipinski definition) is 2. The fourth-order valence-electron chi connectivity index (χ4n) is 2.40. The number of fused-ring (bicyclic) bond motifs is 1. The molecule has 3 aromatic rings. The second-order valence-electron chi connectivity index (χ2n) is 5.09. The number of carboxylic acids is 1. The molecule has 23 heavy (non-hydrogen) atoms. The van der Waals surface area contributed by atoms with Crippen LogP contribution in [-0.2, 0) is 11.2 Å². The van der Waals surface area contributed by atoms with E-state index in [9.17, 15) is 9.59 Å². The SMILES string of the molecule is O=C(Cc1ncccc1C(=O)O)Nc1ccc2ccccc2c1. The Morgan fingerprint density at radius 3 is 2.57 bits per heavy atom. The molecule has 1 heterocycles. The summed E-state index contributed by atoms with van der Waals surface area (Å²) in [5.41, 5.74) is 0.959. The second kappa shape index (κ2) is 6.27. The van der Waals surface area contributed by atoms with Crippen molar-refractivity contribution < 1.29 is 14.7 Å². The van der Waals surface area contributed by atoms with Crippen LogP contribution in [0.5, 0.6) is 0 Å². The molecule has 0 fully saturated rings. The quantitative estimate of drug-likeness (QED) is 0.776. The standard InChI is InChI=1S/C18H14N2O3/c21-17(11-16-15(18(22)23)6-3-9-19-16)20-14-8-7-12-4-1-2-5-13(12)10-14/h1-10H,11H2,(H,20,21)(H,22,23). The van der Waals surface area contributed by atoms with Gasteiger partial charge < -0.3 is 10.4 Å². The molecule has 0 aliphatic rings. The number of amides is 1. The predicted octanol–water partition coefficient (Wildman–Crippen LogP) is 3.11. The van der Waals surface area contributed by atoms with Crippen LogP contribution < -0.4 is 5.32 Å². The summed E-state index contributed by atoms with van der Waals surface area (Å²) < 4.78 is 0. The summed E-state index contributed by atoms with van der Waals surface area (Å²) in [5, 5.41) is 14.0. The van der Waals surface area contributed by atoms with Crippen molar-refractivity contribution in [2.45, 2.75) is 6.42 Å². The van der Waals surface area contributed by atoms with Crippen LogP contribution in [0.1, 0.15) is 16.1 Å². The van der Waals surface area contributed by atoms with Gasteiger partial charge in [-0.05, 0) is 35.0 Å². The maximum absolute atomic E-state index is 12.1. The van der Waals surface area contributed by atoms with Gasteiger partial charge in [0.1, 0.15) is 0 Å². The van der Waals surface area contributed by atoms with E-state index >= 15 is 0 Å². The smallest absolute Gasteiger partial charge is 0.337 e. The highest BCUT2D eigenvalue weighted by Gasteiger charge is 2.14. The van der Waals surface area contributed by atoms with Crippen LogP contribution in [0.4, 0.5) is 5.69 Å². The molecule has 2 aromatic carbocycles. The molecule has 0 radical (unpaired) electrons. The minimum Gasteiger partial charge on any atom is -0.478 e. The van der Waals surface area contributed by atoms with Crippen molar-refractivity contribution in [2.24, 2.45) is 0 Å². The molecule has 2 N–H and O–H groups in total. The third kappa shape index (κ3) is 3.35. The fourth-order valence-corrected chi connectivity index (χ4v) is 2.40. The van der Waals surface area contributed by atoms with Crippen molar-refractivity contribution in [3.05, 3.63) is 72.1 Å². The van der Waals surface area contributed by atoms with E-state index in [1.54, 1.807) is 0 Å². The average molecular weight is 306 g/mol. The summed E-state index contributed by atoms with van der Waals surface area (Å²) in [7, 11) is 0. The number of carboxylic acid groups (broad SMARTS) is 1. The van der Waals surface area contributed by atoms with Crippen LogP contribution in [0, 0.1) is 0 Å². The van der Waals surface area contributed by atoms with Gasteiger partial charge in [-0.1, -0.05) is 30.3 Å². The van der Waals surface area contributed by atoms with Crippen molar-refractivity contribution in [1.82, 2.24) is 4.98 Å². The van der Waals surface area contributed by atoms with E-state index in [1.165, 1.54) is 18.3 Å². The number of carbonyl (C=O) groups excluding carboxylic acids is 1. The van der Waals surface area contributed by atoms with E-state index in [2.05, 4.69) is 10.3 Å². The topological polar surface area (TPSA) is 79.3 Å². The Kier molecular flexibility index (Phi) is 4.01. The predicted molar refractivity (Wildman–Crippen MR) is 87.5 cm³/mol. The highest BCUT2D eigenvalue weighted by atomic mass is 16.4. The van der Waals surface area contributed by atoms with E-state index in [4.69, 9.17) is 5.11 Å². The first-order valence-electron chi connectivity index (χ1n) is 7.09. The van der Waals surface area contributed by atoms with Gasteiger partial charge in [0.2, 0.25) is 5.91 Å². The Morgan fingerprint density at radius 2 is 1.78 bits per heavy atom. The lowest BCUT2D eigenvalue weighted by atomic mass is 10.1. The van der Waals surface area contributed by atoms with E-state index < -0.39 is 5.97 Å². The lowest BCUT2D eigenvalue weighted by Gasteiger charge is -2.08. The number of aromatic nitrogens is 1. The average Bonchev–Trinajstić information content (AvgIpc) is 2.55. The molecule has 1 amide bonds. The van der Waals surface area contributed by atoms with Gasteiger partial charge in [0.15, 0.2) is 0 Å². The molecule has 0 bridgehead atoms. The zero-order valence-corrected chi connectivity index (χ0v) is 12.2. The number of carbonyl (C=O) groups is 2. The lowest BCUT2D eigenvalue weighted by Crippen LogP contribution is -2.17. The van der Waals surface area contributed by atoms with Gasteiger partial charge in [-0.2, -0.15) is 0 Å². The van der Waals surface area contributed by atoms with Crippen LogP contribution in [0.25, 0.3) is 10.8 Å². The van der Waals surface area contributed by atoms with Crippen LogP contribution in [0.2, 0.25) is 0 Å². The number of nitrogens with one attached hydrogen (secondary N) is 1. The molecule has 0 unspecified atom stereocenters. The summed E-state index contributed by atoms with van der Waals surface area (Å²) in [4.78, 5) is 27.3. The summed E-state index contributed by atoms with van der Waals surface area (Å²) in [6.45, 7) is 0. The Bertz CT molecular complexity index is 890. The molecule has 114 valence electrons. The third-order valence-electron chi connectivity index (χ3n) is 3.48. The van der Waals surface area contributed by atoms with Crippen LogP contribution in [-0.4, -0.2) is 22.0 Å². The molecule has 5 nitrogen and oxygen atoms in total.